The van der Waals surface area contributed by atoms with Crippen molar-refractivity contribution in [2.24, 2.45) is 0 Å². The van der Waals surface area contributed by atoms with E-state index in [9.17, 15) is 0 Å². The number of nitrogens with one attached hydrogen (secondary N) is 2. The number of rotatable bonds is 4. The van der Waals surface area contributed by atoms with Gasteiger partial charge in [-0.15, -0.1) is 5.10 Å². The SMILES string of the molecule is c1n[nH]cc1-c1ncn2nc(NC3CCOCC3)nc2c1N1C[C@H]2OCC[C@H]21. The fourth-order valence-electron chi connectivity index (χ4n) is 4.40. The lowest BCUT2D eigenvalue weighted by molar-refractivity contribution is 0.0771. The van der Waals surface area contributed by atoms with Crippen LogP contribution in [0, 0.1) is 0 Å². The molecule has 0 unspecified atom stereocenters. The summed E-state index contributed by atoms with van der Waals surface area (Å²) in [4.78, 5) is 11.9. The minimum Gasteiger partial charge on any atom is -0.381 e. The third kappa shape index (κ3) is 2.55. The Labute approximate surface area is 161 Å². The van der Waals surface area contributed by atoms with Crippen molar-refractivity contribution in [2.75, 3.05) is 36.6 Å². The van der Waals surface area contributed by atoms with E-state index < -0.39 is 0 Å². The Balaban J connectivity index is 1.42. The zero-order valence-electron chi connectivity index (χ0n) is 15.4. The lowest BCUT2D eigenvalue weighted by Crippen LogP contribution is -2.58. The highest BCUT2D eigenvalue weighted by Gasteiger charge is 2.45. The van der Waals surface area contributed by atoms with E-state index in [1.807, 2.05) is 6.20 Å². The topological polar surface area (TPSA) is 105 Å². The first-order valence-electron chi connectivity index (χ1n) is 9.84. The molecule has 3 aliphatic rings. The minimum absolute atomic E-state index is 0.306. The predicted molar refractivity (Wildman–Crippen MR) is 101 cm³/mol. The minimum atomic E-state index is 0.306. The summed E-state index contributed by atoms with van der Waals surface area (Å²) in [6, 6.07) is 0.717. The first-order chi connectivity index (χ1) is 13.9. The molecule has 6 rings (SSSR count). The third-order valence-corrected chi connectivity index (χ3v) is 5.93. The zero-order valence-corrected chi connectivity index (χ0v) is 15.4. The zero-order chi connectivity index (χ0) is 18.5. The second-order valence-corrected chi connectivity index (χ2v) is 7.58. The molecule has 2 N–H and O–H groups in total. The molecular formula is C18H22N8O2. The summed E-state index contributed by atoms with van der Waals surface area (Å²) in [5.41, 5.74) is 3.63. The Bertz CT molecular complexity index is 981. The van der Waals surface area contributed by atoms with Crippen molar-refractivity contribution in [3.63, 3.8) is 0 Å². The summed E-state index contributed by atoms with van der Waals surface area (Å²) in [5, 5.41) is 15.1. The van der Waals surface area contributed by atoms with Crippen molar-refractivity contribution >= 4 is 17.3 Å². The molecule has 0 amide bonds. The fourth-order valence-corrected chi connectivity index (χ4v) is 4.40. The molecule has 2 atom stereocenters. The highest BCUT2D eigenvalue weighted by Crippen LogP contribution is 2.41. The molecule has 0 saturated carbocycles. The van der Waals surface area contributed by atoms with Crippen molar-refractivity contribution in [3.8, 4) is 11.3 Å². The van der Waals surface area contributed by atoms with Crippen LogP contribution in [0.15, 0.2) is 18.7 Å². The summed E-state index contributed by atoms with van der Waals surface area (Å²) in [7, 11) is 0. The maximum Gasteiger partial charge on any atom is 0.243 e. The van der Waals surface area contributed by atoms with E-state index in [2.05, 4.69) is 25.5 Å². The first-order valence-corrected chi connectivity index (χ1v) is 9.84. The van der Waals surface area contributed by atoms with Gasteiger partial charge < -0.3 is 19.7 Å². The van der Waals surface area contributed by atoms with Gasteiger partial charge in [-0.1, -0.05) is 0 Å². The van der Waals surface area contributed by atoms with Crippen LogP contribution in [-0.2, 0) is 9.47 Å². The van der Waals surface area contributed by atoms with Gasteiger partial charge in [-0.2, -0.15) is 14.6 Å². The predicted octanol–water partition coefficient (Wildman–Crippen LogP) is 1.08. The van der Waals surface area contributed by atoms with Crippen LogP contribution >= 0.6 is 0 Å². The quantitative estimate of drug-likeness (QED) is 0.691. The van der Waals surface area contributed by atoms with Gasteiger partial charge in [0.1, 0.15) is 17.7 Å². The number of ether oxygens (including phenoxy) is 2. The molecule has 3 aliphatic heterocycles. The number of hydrogen-bond donors (Lipinski definition) is 2. The molecule has 146 valence electrons. The molecule has 3 saturated heterocycles. The normalized spacial score (nSPS) is 25.1. The second-order valence-electron chi connectivity index (χ2n) is 7.58. The summed E-state index contributed by atoms with van der Waals surface area (Å²) < 4.78 is 13.0. The van der Waals surface area contributed by atoms with E-state index in [0.29, 0.717) is 24.1 Å². The molecule has 0 bridgehead atoms. The number of aromatic nitrogens is 6. The van der Waals surface area contributed by atoms with Crippen LogP contribution in [0.25, 0.3) is 16.9 Å². The van der Waals surface area contributed by atoms with Crippen molar-refractivity contribution in [3.05, 3.63) is 18.7 Å². The summed E-state index contributed by atoms with van der Waals surface area (Å²) >= 11 is 0. The van der Waals surface area contributed by atoms with Crippen LogP contribution in [0.4, 0.5) is 11.6 Å². The van der Waals surface area contributed by atoms with Crippen LogP contribution in [0.2, 0.25) is 0 Å². The van der Waals surface area contributed by atoms with E-state index in [-0.39, 0.29) is 0 Å². The molecule has 0 aromatic carbocycles. The van der Waals surface area contributed by atoms with Crippen LogP contribution in [0.1, 0.15) is 19.3 Å². The number of H-pyrrole nitrogens is 1. The number of nitrogens with zero attached hydrogens (tertiary/aromatic N) is 6. The average molecular weight is 382 g/mol. The maximum atomic E-state index is 5.80. The standard InChI is InChI=1S/C18H22N8O2/c1-4-27-5-2-12(1)22-18-23-17-16(25-9-14-13(25)3-6-28-14)15(11-7-20-21-8-11)19-10-26(17)24-18/h7-8,10,12-14H,1-6,9H2,(H,20,21)(H,22,24)/t13-,14-/m1/s1. The van der Waals surface area contributed by atoms with E-state index in [0.717, 1.165) is 68.2 Å². The van der Waals surface area contributed by atoms with Crippen LogP contribution < -0.4 is 10.2 Å². The Morgan fingerprint density at radius 1 is 1.18 bits per heavy atom. The Morgan fingerprint density at radius 2 is 2.11 bits per heavy atom. The third-order valence-electron chi connectivity index (χ3n) is 5.93. The lowest BCUT2D eigenvalue weighted by Gasteiger charge is -2.45. The highest BCUT2D eigenvalue weighted by atomic mass is 16.5. The van der Waals surface area contributed by atoms with Crippen LogP contribution in [-0.4, -0.2) is 74.3 Å². The summed E-state index contributed by atoms with van der Waals surface area (Å²) in [6.07, 6.45) is 8.65. The molecule has 6 heterocycles. The van der Waals surface area contributed by atoms with Gasteiger partial charge in [-0.25, -0.2) is 4.98 Å². The van der Waals surface area contributed by atoms with E-state index in [1.165, 1.54) is 0 Å². The monoisotopic (exact) mass is 382 g/mol. The number of fused-ring (bicyclic) bond motifs is 2. The van der Waals surface area contributed by atoms with Crippen molar-refractivity contribution in [1.29, 1.82) is 0 Å². The molecule has 0 spiro atoms. The molecule has 0 aliphatic carbocycles. The lowest BCUT2D eigenvalue weighted by atomic mass is 9.97. The molecule has 28 heavy (non-hydrogen) atoms. The van der Waals surface area contributed by atoms with Crippen LogP contribution in [0.3, 0.4) is 0 Å². The van der Waals surface area contributed by atoms with Crippen LogP contribution in [0.5, 0.6) is 0 Å². The van der Waals surface area contributed by atoms with E-state index >= 15 is 0 Å². The van der Waals surface area contributed by atoms with Crippen molar-refractivity contribution in [2.45, 2.75) is 37.5 Å². The van der Waals surface area contributed by atoms with Gasteiger partial charge in [0.05, 0.1) is 18.3 Å². The maximum absolute atomic E-state index is 5.80. The van der Waals surface area contributed by atoms with Gasteiger partial charge in [0.25, 0.3) is 0 Å². The van der Waals surface area contributed by atoms with Gasteiger partial charge in [0.15, 0.2) is 5.65 Å². The molecule has 3 fully saturated rings. The second kappa shape index (κ2) is 6.42. The molecule has 3 aromatic rings. The summed E-state index contributed by atoms with van der Waals surface area (Å²) in [6.45, 7) is 3.22. The first kappa shape index (κ1) is 16.3. The largest absolute Gasteiger partial charge is 0.381 e. The molecular weight excluding hydrogens is 360 g/mol. The van der Waals surface area contributed by atoms with Crippen molar-refractivity contribution < 1.29 is 9.47 Å². The van der Waals surface area contributed by atoms with Gasteiger partial charge in [-0.05, 0) is 19.3 Å². The smallest absolute Gasteiger partial charge is 0.243 e. The number of hydrogen-bond acceptors (Lipinski definition) is 8. The average Bonchev–Trinajstić information content (AvgIpc) is 3.43. The summed E-state index contributed by atoms with van der Waals surface area (Å²) in [5.74, 6) is 0.638. The van der Waals surface area contributed by atoms with E-state index in [1.54, 1.807) is 17.0 Å². The van der Waals surface area contributed by atoms with Gasteiger partial charge in [0.2, 0.25) is 5.95 Å². The van der Waals surface area contributed by atoms with Gasteiger partial charge in [-0.3, -0.25) is 5.10 Å². The number of anilines is 2. The Kier molecular flexibility index (Phi) is 3.73. The van der Waals surface area contributed by atoms with Gasteiger partial charge >= 0.3 is 0 Å². The molecule has 10 nitrogen and oxygen atoms in total. The highest BCUT2D eigenvalue weighted by molar-refractivity contribution is 5.86. The van der Waals surface area contributed by atoms with Crippen molar-refractivity contribution in [1.82, 2.24) is 29.8 Å². The Morgan fingerprint density at radius 3 is 2.93 bits per heavy atom. The molecule has 0 radical (unpaired) electrons. The van der Waals surface area contributed by atoms with Gasteiger partial charge in [0, 0.05) is 44.2 Å². The molecule has 10 heteroatoms. The Hall–Kier alpha value is -2.72. The number of aromatic amines is 1. The van der Waals surface area contributed by atoms with E-state index in [4.69, 9.17) is 19.4 Å². The molecule has 3 aromatic heterocycles. The fraction of sp³-hybridized carbons (Fsp3) is 0.556.